The van der Waals surface area contributed by atoms with Gasteiger partial charge in [-0.15, -0.1) is 0 Å². The average Bonchev–Trinajstić information content (AvgIpc) is 2.45. The van der Waals surface area contributed by atoms with Gasteiger partial charge < -0.3 is 14.9 Å². The number of aliphatic hydroxyl groups excluding tert-OH is 2. The van der Waals surface area contributed by atoms with Crippen molar-refractivity contribution in [3.63, 3.8) is 0 Å². The van der Waals surface area contributed by atoms with Crippen LogP contribution in [0.2, 0.25) is 0 Å². The summed E-state index contributed by atoms with van der Waals surface area (Å²) in [5.41, 5.74) is 0. The molecule has 0 saturated carbocycles. The highest BCUT2D eigenvalue weighted by molar-refractivity contribution is 4.44. The van der Waals surface area contributed by atoms with Gasteiger partial charge in [-0.25, -0.2) is 0 Å². The van der Waals surface area contributed by atoms with Crippen LogP contribution in [-0.4, -0.2) is 36.6 Å². The van der Waals surface area contributed by atoms with Crippen LogP contribution in [0.25, 0.3) is 0 Å². The molecule has 0 aromatic rings. The third-order valence-corrected chi connectivity index (χ3v) is 2.88. The van der Waals surface area contributed by atoms with Crippen LogP contribution < -0.4 is 0 Å². The summed E-state index contributed by atoms with van der Waals surface area (Å²) in [6.45, 7) is 6.23. The lowest BCUT2D eigenvalue weighted by molar-refractivity contribution is 0.125. The molecular weight excluding hydrogens is 240 g/mol. The summed E-state index contributed by atoms with van der Waals surface area (Å²) in [7, 11) is 0. The van der Waals surface area contributed by atoms with Crippen LogP contribution in [0.4, 0.5) is 0 Å². The van der Waals surface area contributed by atoms with Crippen molar-refractivity contribution in [2.45, 2.75) is 78.1 Å². The third-order valence-electron chi connectivity index (χ3n) is 2.88. The molecule has 0 unspecified atom stereocenters. The van der Waals surface area contributed by atoms with Crippen LogP contribution in [-0.2, 0) is 4.74 Å². The first-order valence-electron chi connectivity index (χ1n) is 8.12. The molecule has 0 fully saturated rings. The number of hydrogen-bond acceptors (Lipinski definition) is 3. The third kappa shape index (κ3) is 27.2. The van der Waals surface area contributed by atoms with E-state index in [1.165, 1.54) is 64.2 Å². The minimum absolute atomic E-state index is 0.125. The van der Waals surface area contributed by atoms with Crippen molar-refractivity contribution in [2.75, 3.05) is 26.4 Å². The fourth-order valence-corrected chi connectivity index (χ4v) is 1.72. The molecule has 0 aromatic heterocycles. The summed E-state index contributed by atoms with van der Waals surface area (Å²) in [6, 6.07) is 0. The number of aliphatic hydroxyl groups is 2. The van der Waals surface area contributed by atoms with Crippen LogP contribution in [0, 0.1) is 0 Å². The van der Waals surface area contributed by atoms with Crippen LogP contribution >= 0.6 is 0 Å². The van der Waals surface area contributed by atoms with E-state index in [4.69, 9.17) is 14.9 Å². The average molecular weight is 276 g/mol. The SMILES string of the molecule is CCCCCCCOCCCCCCC.OCCO. The molecule has 0 aromatic carbocycles. The Balaban J connectivity index is 0. The lowest BCUT2D eigenvalue weighted by atomic mass is 10.1. The number of rotatable bonds is 13. The van der Waals surface area contributed by atoms with Crippen molar-refractivity contribution < 1.29 is 14.9 Å². The monoisotopic (exact) mass is 276 g/mol. The summed E-state index contributed by atoms with van der Waals surface area (Å²) in [5.74, 6) is 0. The molecule has 0 amide bonds. The zero-order valence-electron chi connectivity index (χ0n) is 13.2. The molecule has 0 aliphatic heterocycles. The van der Waals surface area contributed by atoms with E-state index in [1.807, 2.05) is 0 Å². The summed E-state index contributed by atoms with van der Waals surface area (Å²) in [4.78, 5) is 0. The fraction of sp³-hybridized carbons (Fsp3) is 1.00. The molecule has 0 bridgehead atoms. The molecule has 118 valence electrons. The molecule has 2 N–H and O–H groups in total. The zero-order chi connectivity index (χ0) is 14.6. The van der Waals surface area contributed by atoms with Crippen molar-refractivity contribution in [3.05, 3.63) is 0 Å². The van der Waals surface area contributed by atoms with Gasteiger partial charge in [0.15, 0.2) is 0 Å². The Morgan fingerprint density at radius 1 is 0.579 bits per heavy atom. The van der Waals surface area contributed by atoms with E-state index in [2.05, 4.69) is 13.8 Å². The molecule has 0 radical (unpaired) electrons. The van der Waals surface area contributed by atoms with Gasteiger partial charge in [-0.05, 0) is 12.8 Å². The zero-order valence-corrected chi connectivity index (χ0v) is 13.2. The van der Waals surface area contributed by atoms with Gasteiger partial charge in [-0.1, -0.05) is 65.2 Å². The molecule has 3 nitrogen and oxygen atoms in total. The molecule has 0 spiro atoms. The van der Waals surface area contributed by atoms with Crippen LogP contribution in [0.1, 0.15) is 78.1 Å². The Bertz CT molecular complexity index is 115. The van der Waals surface area contributed by atoms with Crippen molar-refractivity contribution in [1.82, 2.24) is 0 Å². The van der Waals surface area contributed by atoms with Crippen molar-refractivity contribution in [2.24, 2.45) is 0 Å². The highest BCUT2D eigenvalue weighted by atomic mass is 16.5. The standard InChI is InChI=1S/C14H30O.C2H6O2/c1-3-5-7-9-11-13-15-14-12-10-8-6-4-2;3-1-2-4/h3-14H2,1-2H3;3-4H,1-2H2. The summed E-state index contributed by atoms with van der Waals surface area (Å²) in [6.07, 6.45) is 13.4. The predicted octanol–water partition coefficient (Wildman–Crippen LogP) is 3.91. The number of unbranched alkanes of at least 4 members (excludes halogenated alkanes) is 8. The molecule has 0 aliphatic rings. The smallest absolute Gasteiger partial charge is 0.0662 e. The number of hydrogen-bond donors (Lipinski definition) is 2. The van der Waals surface area contributed by atoms with Gasteiger partial charge in [0.05, 0.1) is 13.2 Å². The molecule has 0 atom stereocenters. The second kappa shape index (κ2) is 23.0. The van der Waals surface area contributed by atoms with Gasteiger partial charge in [-0.2, -0.15) is 0 Å². The summed E-state index contributed by atoms with van der Waals surface area (Å²) >= 11 is 0. The second-order valence-electron chi connectivity index (χ2n) is 4.89. The highest BCUT2D eigenvalue weighted by Gasteiger charge is 1.91. The van der Waals surface area contributed by atoms with Crippen molar-refractivity contribution in [1.29, 1.82) is 0 Å². The molecule has 0 rings (SSSR count). The Hall–Kier alpha value is -0.120. The van der Waals surface area contributed by atoms with Crippen LogP contribution in [0.3, 0.4) is 0 Å². The van der Waals surface area contributed by atoms with Crippen LogP contribution in [0.5, 0.6) is 0 Å². The first-order valence-corrected chi connectivity index (χ1v) is 8.12. The fourth-order valence-electron chi connectivity index (χ4n) is 1.72. The first-order chi connectivity index (χ1) is 9.33. The van der Waals surface area contributed by atoms with Crippen LogP contribution in [0.15, 0.2) is 0 Å². The minimum atomic E-state index is -0.125. The normalized spacial score (nSPS) is 10.1. The van der Waals surface area contributed by atoms with Gasteiger partial charge in [0.1, 0.15) is 0 Å². The summed E-state index contributed by atoms with van der Waals surface area (Å²) < 4.78 is 5.59. The van der Waals surface area contributed by atoms with E-state index in [-0.39, 0.29) is 13.2 Å². The lowest BCUT2D eigenvalue weighted by Gasteiger charge is -2.03. The molecule has 0 saturated heterocycles. The lowest BCUT2D eigenvalue weighted by Crippen LogP contribution is -1.97. The maximum Gasteiger partial charge on any atom is 0.0662 e. The Kier molecular flexibility index (Phi) is 25.7. The molecule has 0 aliphatic carbocycles. The Morgan fingerprint density at radius 3 is 1.26 bits per heavy atom. The van der Waals surface area contributed by atoms with E-state index in [0.717, 1.165) is 13.2 Å². The molecule has 0 heterocycles. The summed E-state index contributed by atoms with van der Waals surface area (Å²) in [5, 5.41) is 15.2. The van der Waals surface area contributed by atoms with E-state index in [0.29, 0.717) is 0 Å². The predicted molar refractivity (Wildman–Crippen MR) is 82.5 cm³/mol. The van der Waals surface area contributed by atoms with Crippen molar-refractivity contribution in [3.8, 4) is 0 Å². The minimum Gasteiger partial charge on any atom is -0.394 e. The van der Waals surface area contributed by atoms with Gasteiger partial charge >= 0.3 is 0 Å². The maximum atomic E-state index is 7.62. The first kappa shape index (κ1) is 21.2. The topological polar surface area (TPSA) is 49.7 Å². The Labute approximate surface area is 120 Å². The number of ether oxygens (including phenoxy) is 1. The quantitative estimate of drug-likeness (QED) is 0.501. The van der Waals surface area contributed by atoms with E-state index in [1.54, 1.807) is 0 Å². The molecule has 19 heavy (non-hydrogen) atoms. The maximum absolute atomic E-state index is 7.62. The van der Waals surface area contributed by atoms with E-state index >= 15 is 0 Å². The van der Waals surface area contributed by atoms with Crippen molar-refractivity contribution >= 4 is 0 Å². The van der Waals surface area contributed by atoms with Gasteiger partial charge in [0.2, 0.25) is 0 Å². The van der Waals surface area contributed by atoms with E-state index < -0.39 is 0 Å². The highest BCUT2D eigenvalue weighted by Crippen LogP contribution is 2.04. The Morgan fingerprint density at radius 2 is 0.947 bits per heavy atom. The largest absolute Gasteiger partial charge is 0.394 e. The molecular formula is C16H36O3. The van der Waals surface area contributed by atoms with E-state index in [9.17, 15) is 0 Å². The second-order valence-corrected chi connectivity index (χ2v) is 4.89. The molecule has 3 heteroatoms. The van der Waals surface area contributed by atoms with Gasteiger partial charge in [0, 0.05) is 13.2 Å². The van der Waals surface area contributed by atoms with Gasteiger partial charge in [0.25, 0.3) is 0 Å². The van der Waals surface area contributed by atoms with Gasteiger partial charge in [-0.3, -0.25) is 0 Å².